The molecular weight excluding hydrogens is 492 g/mol. The number of fused-ring (bicyclic) bond motifs is 1. The van der Waals surface area contributed by atoms with Crippen molar-refractivity contribution in [3.05, 3.63) is 70.8 Å². The van der Waals surface area contributed by atoms with E-state index >= 15 is 0 Å². The molecule has 0 aliphatic carbocycles. The van der Waals surface area contributed by atoms with Crippen LogP contribution in [0.3, 0.4) is 0 Å². The van der Waals surface area contributed by atoms with Gasteiger partial charge in [-0.05, 0) is 48.5 Å². The van der Waals surface area contributed by atoms with Gasteiger partial charge in [-0.3, -0.25) is 24.1 Å². The van der Waals surface area contributed by atoms with Crippen LogP contribution in [-0.2, 0) is 25.7 Å². The number of carbonyl (C=O) groups is 4. The number of rotatable bonds is 6. The van der Waals surface area contributed by atoms with Gasteiger partial charge in [0.05, 0.1) is 18.1 Å². The van der Waals surface area contributed by atoms with Crippen molar-refractivity contribution < 1.29 is 23.9 Å². The lowest BCUT2D eigenvalue weighted by Crippen LogP contribution is -2.46. The lowest BCUT2D eigenvalue weighted by atomic mass is 10.1. The van der Waals surface area contributed by atoms with Crippen molar-refractivity contribution in [3.63, 3.8) is 0 Å². The van der Waals surface area contributed by atoms with Crippen molar-refractivity contribution in [2.45, 2.75) is 13.5 Å². The summed E-state index contributed by atoms with van der Waals surface area (Å²) < 4.78 is 7.08. The fourth-order valence-corrected chi connectivity index (χ4v) is 5.25. The smallest absolute Gasteiger partial charge is 0.294 e. The monoisotopic (exact) mass is 518 g/mol. The number of anilines is 1. The molecule has 0 bridgehead atoms. The highest BCUT2D eigenvalue weighted by molar-refractivity contribution is 8.18. The summed E-state index contributed by atoms with van der Waals surface area (Å²) in [4.78, 5) is 53.8. The molecule has 5 rings (SSSR count). The molecule has 2 aliphatic rings. The van der Waals surface area contributed by atoms with Gasteiger partial charge in [0.1, 0.15) is 13.1 Å². The third kappa shape index (κ3) is 5.45. The fraction of sp³-hybridized carbons (Fsp3) is 0.259. The number of para-hydroxylation sites is 1. The molecule has 3 aromatic rings. The average molecular weight is 519 g/mol. The number of ether oxygens (including phenoxy) is 1. The third-order valence-electron chi connectivity index (χ3n) is 6.25. The molecule has 37 heavy (non-hydrogen) atoms. The first-order valence-corrected chi connectivity index (χ1v) is 12.8. The summed E-state index contributed by atoms with van der Waals surface area (Å²) in [6, 6.07) is 15.1. The molecule has 2 fully saturated rings. The molecule has 190 valence electrons. The molecule has 0 saturated carbocycles. The van der Waals surface area contributed by atoms with Crippen LogP contribution in [0.1, 0.15) is 11.1 Å². The molecule has 1 aromatic heterocycles. The summed E-state index contributed by atoms with van der Waals surface area (Å²) in [5.74, 6) is -0.950. The van der Waals surface area contributed by atoms with Crippen LogP contribution < -0.4 is 5.32 Å². The van der Waals surface area contributed by atoms with E-state index < -0.39 is 11.1 Å². The van der Waals surface area contributed by atoms with Gasteiger partial charge in [-0.2, -0.15) is 0 Å². The molecule has 0 radical (unpaired) electrons. The number of aromatic nitrogens is 1. The SMILES string of the molecule is Cc1cccc(NC(=O)Cn2cc(/C=C3/SC(=O)N(CC(=O)N4CCOCC4)C3=O)c3ccccc32)c1. The number of nitrogens with one attached hydrogen (secondary N) is 1. The van der Waals surface area contributed by atoms with Gasteiger partial charge in [-0.15, -0.1) is 0 Å². The molecule has 2 saturated heterocycles. The van der Waals surface area contributed by atoms with Crippen LogP contribution in [0.4, 0.5) is 10.5 Å². The second-order valence-electron chi connectivity index (χ2n) is 8.91. The Kier molecular flexibility index (Phi) is 7.11. The van der Waals surface area contributed by atoms with Crippen LogP contribution in [-0.4, -0.2) is 70.2 Å². The average Bonchev–Trinajstić information content (AvgIpc) is 3.36. The van der Waals surface area contributed by atoms with Crippen molar-refractivity contribution in [1.82, 2.24) is 14.4 Å². The number of thioether (sulfide) groups is 1. The molecule has 1 N–H and O–H groups in total. The van der Waals surface area contributed by atoms with E-state index in [9.17, 15) is 19.2 Å². The first-order valence-electron chi connectivity index (χ1n) is 11.9. The van der Waals surface area contributed by atoms with E-state index in [0.29, 0.717) is 31.9 Å². The number of hydrogen-bond acceptors (Lipinski definition) is 6. The van der Waals surface area contributed by atoms with Gasteiger partial charge in [0.25, 0.3) is 11.1 Å². The Hall–Kier alpha value is -3.89. The minimum absolute atomic E-state index is 0.0812. The lowest BCUT2D eigenvalue weighted by Gasteiger charge is -2.28. The number of imide groups is 1. The number of amides is 4. The summed E-state index contributed by atoms with van der Waals surface area (Å²) >= 11 is 0.815. The zero-order valence-corrected chi connectivity index (χ0v) is 21.1. The standard InChI is InChI=1S/C27H26N4O5S/c1-18-5-4-6-20(13-18)28-24(32)16-30-15-19(21-7-2-3-8-22(21)30)14-23-26(34)31(27(35)37-23)17-25(33)29-9-11-36-12-10-29/h2-8,13-15H,9-12,16-17H2,1H3,(H,28,32)/b23-14+. The van der Waals surface area contributed by atoms with Crippen LogP contribution in [0.25, 0.3) is 17.0 Å². The molecule has 0 spiro atoms. The number of hydrogen-bond donors (Lipinski definition) is 1. The summed E-state index contributed by atoms with van der Waals surface area (Å²) in [5.41, 5.74) is 3.31. The van der Waals surface area contributed by atoms with Gasteiger partial charge in [-0.1, -0.05) is 30.3 Å². The zero-order valence-electron chi connectivity index (χ0n) is 20.3. The van der Waals surface area contributed by atoms with Gasteiger partial charge in [-0.25, -0.2) is 0 Å². The van der Waals surface area contributed by atoms with Gasteiger partial charge < -0.3 is 19.5 Å². The predicted octanol–water partition coefficient (Wildman–Crippen LogP) is 3.48. The van der Waals surface area contributed by atoms with Gasteiger partial charge in [0.2, 0.25) is 11.8 Å². The Morgan fingerprint density at radius 1 is 1.05 bits per heavy atom. The molecule has 10 heteroatoms. The molecule has 3 heterocycles. The highest BCUT2D eigenvalue weighted by atomic mass is 32.2. The Labute approximate surface area is 218 Å². The highest BCUT2D eigenvalue weighted by Crippen LogP contribution is 2.34. The van der Waals surface area contributed by atoms with E-state index in [-0.39, 0.29) is 29.8 Å². The van der Waals surface area contributed by atoms with Gasteiger partial charge in [0, 0.05) is 41.4 Å². The van der Waals surface area contributed by atoms with Gasteiger partial charge in [0.15, 0.2) is 0 Å². The van der Waals surface area contributed by atoms with Crippen LogP contribution in [0.15, 0.2) is 59.6 Å². The van der Waals surface area contributed by atoms with Crippen LogP contribution in [0.5, 0.6) is 0 Å². The summed E-state index contributed by atoms with van der Waals surface area (Å²) in [7, 11) is 0. The number of morpholine rings is 1. The minimum Gasteiger partial charge on any atom is -0.378 e. The number of nitrogens with zero attached hydrogens (tertiary/aromatic N) is 3. The minimum atomic E-state index is -0.495. The zero-order chi connectivity index (χ0) is 25.9. The van der Waals surface area contributed by atoms with E-state index in [0.717, 1.165) is 38.8 Å². The van der Waals surface area contributed by atoms with E-state index in [1.165, 1.54) is 0 Å². The largest absolute Gasteiger partial charge is 0.378 e. The Balaban J connectivity index is 1.35. The molecular formula is C27H26N4O5S. The fourth-order valence-electron chi connectivity index (χ4n) is 4.42. The second kappa shape index (κ2) is 10.6. The number of benzene rings is 2. The molecule has 4 amide bonds. The third-order valence-corrected chi connectivity index (χ3v) is 7.16. The van der Waals surface area contributed by atoms with E-state index in [1.54, 1.807) is 17.2 Å². The van der Waals surface area contributed by atoms with Crippen molar-refractivity contribution >= 4 is 57.4 Å². The van der Waals surface area contributed by atoms with Crippen molar-refractivity contribution in [2.24, 2.45) is 0 Å². The number of carbonyl (C=O) groups excluding carboxylic acids is 4. The maximum Gasteiger partial charge on any atom is 0.294 e. The quantitative estimate of drug-likeness (QED) is 0.502. The van der Waals surface area contributed by atoms with Crippen molar-refractivity contribution in [3.8, 4) is 0 Å². The Bertz CT molecular complexity index is 1420. The summed E-state index contributed by atoms with van der Waals surface area (Å²) in [6.07, 6.45) is 3.45. The highest BCUT2D eigenvalue weighted by Gasteiger charge is 2.37. The molecule has 2 aliphatic heterocycles. The normalized spacial score (nSPS) is 17.2. The second-order valence-corrected chi connectivity index (χ2v) is 9.90. The first-order chi connectivity index (χ1) is 17.9. The summed E-state index contributed by atoms with van der Waals surface area (Å²) in [6.45, 7) is 3.53. The van der Waals surface area contributed by atoms with E-state index in [2.05, 4.69) is 5.32 Å². The van der Waals surface area contributed by atoms with Gasteiger partial charge >= 0.3 is 0 Å². The molecule has 0 unspecified atom stereocenters. The Morgan fingerprint density at radius 2 is 1.84 bits per heavy atom. The van der Waals surface area contributed by atoms with Crippen molar-refractivity contribution in [1.29, 1.82) is 0 Å². The maximum atomic E-state index is 13.0. The predicted molar refractivity (Wildman–Crippen MR) is 142 cm³/mol. The molecule has 9 nitrogen and oxygen atoms in total. The molecule has 0 atom stereocenters. The lowest BCUT2D eigenvalue weighted by molar-refractivity contribution is -0.139. The van der Waals surface area contributed by atoms with Crippen LogP contribution >= 0.6 is 11.8 Å². The topological polar surface area (TPSA) is 101 Å². The van der Waals surface area contributed by atoms with Crippen molar-refractivity contribution in [2.75, 3.05) is 38.2 Å². The van der Waals surface area contributed by atoms with Crippen LogP contribution in [0, 0.1) is 6.92 Å². The van der Waals surface area contributed by atoms with E-state index in [1.807, 2.05) is 60.0 Å². The van der Waals surface area contributed by atoms with Crippen LogP contribution in [0.2, 0.25) is 0 Å². The number of aryl methyl sites for hydroxylation is 1. The maximum absolute atomic E-state index is 13.0. The first kappa shape index (κ1) is 24.8. The Morgan fingerprint density at radius 3 is 2.62 bits per heavy atom. The van der Waals surface area contributed by atoms with E-state index in [4.69, 9.17) is 4.74 Å². The summed E-state index contributed by atoms with van der Waals surface area (Å²) in [5, 5.41) is 3.29. The molecule has 2 aromatic carbocycles.